The third-order valence-electron chi connectivity index (χ3n) is 5.09. The van der Waals surface area contributed by atoms with Crippen molar-refractivity contribution in [3.05, 3.63) is 41.7 Å². The van der Waals surface area contributed by atoms with Gasteiger partial charge in [0.05, 0.1) is 0 Å². The summed E-state index contributed by atoms with van der Waals surface area (Å²) in [5.74, 6) is 0.954. The van der Waals surface area contributed by atoms with Crippen molar-refractivity contribution in [1.29, 1.82) is 0 Å². The van der Waals surface area contributed by atoms with Crippen LogP contribution in [-0.2, 0) is 5.75 Å². The SMILES string of the molecule is O=C(c1ccc(CSc2ncn[nH]2)cc1)N1CCC(N2CCNCC2)C1. The number of carbonyl (C=O) groups is 1. The molecule has 8 heteroatoms. The lowest BCUT2D eigenvalue weighted by Crippen LogP contribution is -2.49. The van der Waals surface area contributed by atoms with Crippen LogP contribution in [0.4, 0.5) is 0 Å². The summed E-state index contributed by atoms with van der Waals surface area (Å²) in [4.78, 5) is 21.4. The van der Waals surface area contributed by atoms with Crippen LogP contribution in [0, 0.1) is 0 Å². The Labute approximate surface area is 157 Å². The Bertz CT molecular complexity index is 714. The molecule has 0 spiro atoms. The van der Waals surface area contributed by atoms with Crippen molar-refractivity contribution in [2.75, 3.05) is 39.3 Å². The third kappa shape index (κ3) is 4.08. The van der Waals surface area contributed by atoms with Crippen LogP contribution >= 0.6 is 11.8 Å². The summed E-state index contributed by atoms with van der Waals surface area (Å²) in [7, 11) is 0. The number of aromatic nitrogens is 3. The molecule has 1 amide bonds. The molecule has 2 fully saturated rings. The van der Waals surface area contributed by atoms with Crippen molar-refractivity contribution >= 4 is 17.7 Å². The van der Waals surface area contributed by atoms with Crippen LogP contribution in [-0.4, -0.2) is 76.2 Å². The summed E-state index contributed by atoms with van der Waals surface area (Å²) in [6.07, 6.45) is 2.59. The molecule has 0 bridgehead atoms. The van der Waals surface area contributed by atoms with E-state index in [1.165, 1.54) is 11.9 Å². The normalized spacial score (nSPS) is 21.2. The van der Waals surface area contributed by atoms with E-state index < -0.39 is 0 Å². The van der Waals surface area contributed by atoms with E-state index in [1.807, 2.05) is 29.2 Å². The Hall–Kier alpha value is -1.90. The molecule has 2 aliphatic heterocycles. The van der Waals surface area contributed by atoms with Gasteiger partial charge in [0, 0.05) is 56.6 Å². The number of hydrogen-bond donors (Lipinski definition) is 2. The number of amides is 1. The summed E-state index contributed by atoms with van der Waals surface area (Å²) < 4.78 is 0. The number of likely N-dealkylation sites (tertiary alicyclic amines) is 1. The molecule has 2 aliphatic rings. The topological polar surface area (TPSA) is 77.2 Å². The maximum Gasteiger partial charge on any atom is 0.253 e. The van der Waals surface area contributed by atoms with Gasteiger partial charge in [-0.3, -0.25) is 14.8 Å². The van der Waals surface area contributed by atoms with Crippen molar-refractivity contribution in [2.24, 2.45) is 0 Å². The molecule has 0 aliphatic carbocycles. The van der Waals surface area contributed by atoms with Gasteiger partial charge in [0.2, 0.25) is 0 Å². The second-order valence-electron chi connectivity index (χ2n) is 6.76. The molecule has 7 nitrogen and oxygen atoms in total. The maximum absolute atomic E-state index is 12.8. The van der Waals surface area contributed by atoms with Gasteiger partial charge >= 0.3 is 0 Å². The average Bonchev–Trinajstić information content (AvgIpc) is 3.39. The van der Waals surface area contributed by atoms with Gasteiger partial charge in [-0.1, -0.05) is 23.9 Å². The molecule has 2 aromatic rings. The molecule has 138 valence electrons. The Morgan fingerprint density at radius 2 is 2.00 bits per heavy atom. The highest BCUT2D eigenvalue weighted by atomic mass is 32.2. The fraction of sp³-hybridized carbons (Fsp3) is 0.500. The quantitative estimate of drug-likeness (QED) is 0.769. The third-order valence-corrected chi connectivity index (χ3v) is 6.04. The number of carbonyl (C=O) groups excluding carboxylic acids is 1. The van der Waals surface area contributed by atoms with E-state index in [9.17, 15) is 4.79 Å². The van der Waals surface area contributed by atoms with Crippen LogP contribution in [0.3, 0.4) is 0 Å². The number of aromatic amines is 1. The van der Waals surface area contributed by atoms with Crippen molar-refractivity contribution in [3.63, 3.8) is 0 Å². The zero-order chi connectivity index (χ0) is 17.8. The van der Waals surface area contributed by atoms with E-state index in [0.717, 1.165) is 62.2 Å². The number of nitrogens with zero attached hydrogens (tertiary/aromatic N) is 4. The highest BCUT2D eigenvalue weighted by Gasteiger charge is 2.31. The first-order chi connectivity index (χ1) is 12.8. The van der Waals surface area contributed by atoms with Crippen LogP contribution in [0.15, 0.2) is 35.7 Å². The summed E-state index contributed by atoms with van der Waals surface area (Å²) in [6.45, 7) is 5.99. The molecule has 3 heterocycles. The number of piperazine rings is 1. The molecular weight excluding hydrogens is 348 g/mol. The predicted molar refractivity (Wildman–Crippen MR) is 101 cm³/mol. The van der Waals surface area contributed by atoms with E-state index in [0.29, 0.717) is 6.04 Å². The number of hydrogen-bond acceptors (Lipinski definition) is 6. The Balaban J connectivity index is 1.31. The summed E-state index contributed by atoms with van der Waals surface area (Å²) in [5, 5.41) is 10.9. The van der Waals surface area contributed by atoms with E-state index in [4.69, 9.17) is 0 Å². The second-order valence-corrected chi connectivity index (χ2v) is 7.72. The van der Waals surface area contributed by atoms with Gasteiger partial charge in [-0.15, -0.1) is 0 Å². The highest BCUT2D eigenvalue weighted by Crippen LogP contribution is 2.21. The highest BCUT2D eigenvalue weighted by molar-refractivity contribution is 7.98. The standard InChI is InChI=1S/C18H24N6OS/c25-17(24-8-5-16(11-24)23-9-6-19-7-10-23)15-3-1-14(2-4-15)12-26-18-20-13-21-22-18/h1-4,13,16,19H,5-12H2,(H,20,21,22). The van der Waals surface area contributed by atoms with Gasteiger partial charge in [-0.25, -0.2) is 4.98 Å². The monoisotopic (exact) mass is 372 g/mol. The van der Waals surface area contributed by atoms with Crippen LogP contribution in [0.1, 0.15) is 22.3 Å². The van der Waals surface area contributed by atoms with Crippen LogP contribution in [0.25, 0.3) is 0 Å². The lowest BCUT2D eigenvalue weighted by molar-refractivity contribution is 0.0773. The fourth-order valence-corrected chi connectivity index (χ4v) is 4.35. The number of H-pyrrole nitrogens is 1. The zero-order valence-corrected chi connectivity index (χ0v) is 15.5. The molecule has 4 rings (SSSR count). The summed E-state index contributed by atoms with van der Waals surface area (Å²) >= 11 is 1.60. The van der Waals surface area contributed by atoms with Crippen molar-refractivity contribution in [2.45, 2.75) is 23.4 Å². The molecule has 1 aromatic carbocycles. The van der Waals surface area contributed by atoms with Crippen molar-refractivity contribution < 1.29 is 4.79 Å². The first-order valence-corrected chi connectivity index (χ1v) is 10.1. The average molecular weight is 372 g/mol. The van der Waals surface area contributed by atoms with Gasteiger partial charge in [0.1, 0.15) is 6.33 Å². The van der Waals surface area contributed by atoms with E-state index in [2.05, 4.69) is 25.4 Å². The van der Waals surface area contributed by atoms with Crippen LogP contribution < -0.4 is 5.32 Å². The molecule has 1 atom stereocenters. The minimum Gasteiger partial charge on any atom is -0.337 e. The minimum absolute atomic E-state index is 0.150. The fourth-order valence-electron chi connectivity index (χ4n) is 3.61. The molecule has 0 saturated carbocycles. The number of nitrogens with one attached hydrogen (secondary N) is 2. The number of rotatable bonds is 5. The lowest BCUT2D eigenvalue weighted by Gasteiger charge is -2.32. The van der Waals surface area contributed by atoms with Gasteiger partial charge in [0.15, 0.2) is 5.16 Å². The van der Waals surface area contributed by atoms with Crippen molar-refractivity contribution in [1.82, 2.24) is 30.3 Å². The van der Waals surface area contributed by atoms with Crippen LogP contribution in [0.2, 0.25) is 0 Å². The first kappa shape index (κ1) is 17.5. The largest absolute Gasteiger partial charge is 0.337 e. The molecule has 2 saturated heterocycles. The smallest absolute Gasteiger partial charge is 0.253 e. The summed E-state index contributed by atoms with van der Waals surface area (Å²) in [6, 6.07) is 8.45. The van der Waals surface area contributed by atoms with Gasteiger partial charge in [-0.05, 0) is 24.1 Å². The Morgan fingerprint density at radius 1 is 1.19 bits per heavy atom. The molecule has 1 aromatic heterocycles. The van der Waals surface area contributed by atoms with Gasteiger partial charge < -0.3 is 10.2 Å². The van der Waals surface area contributed by atoms with Crippen molar-refractivity contribution in [3.8, 4) is 0 Å². The number of benzene rings is 1. The molecule has 2 N–H and O–H groups in total. The molecule has 26 heavy (non-hydrogen) atoms. The number of thioether (sulfide) groups is 1. The lowest BCUT2D eigenvalue weighted by atomic mass is 10.1. The predicted octanol–water partition coefficient (Wildman–Crippen LogP) is 1.22. The van der Waals surface area contributed by atoms with Crippen LogP contribution in [0.5, 0.6) is 0 Å². The minimum atomic E-state index is 0.150. The molecule has 1 unspecified atom stereocenters. The zero-order valence-electron chi connectivity index (χ0n) is 14.7. The summed E-state index contributed by atoms with van der Waals surface area (Å²) in [5.41, 5.74) is 1.95. The Morgan fingerprint density at radius 3 is 2.73 bits per heavy atom. The van der Waals surface area contributed by atoms with E-state index in [1.54, 1.807) is 11.8 Å². The molecule has 0 radical (unpaired) electrons. The second kappa shape index (κ2) is 8.20. The Kier molecular flexibility index (Phi) is 5.52. The van der Waals surface area contributed by atoms with E-state index in [-0.39, 0.29) is 5.91 Å². The molecular formula is C18H24N6OS. The van der Waals surface area contributed by atoms with Gasteiger partial charge in [0.25, 0.3) is 5.91 Å². The first-order valence-electron chi connectivity index (χ1n) is 9.11. The van der Waals surface area contributed by atoms with E-state index >= 15 is 0 Å². The van der Waals surface area contributed by atoms with Gasteiger partial charge in [-0.2, -0.15) is 5.10 Å². The maximum atomic E-state index is 12.8.